The summed E-state index contributed by atoms with van der Waals surface area (Å²) >= 11 is 1.67. The first-order chi connectivity index (χ1) is 7.19. The van der Waals surface area contributed by atoms with Crippen molar-refractivity contribution in [3.63, 3.8) is 0 Å². The summed E-state index contributed by atoms with van der Waals surface area (Å²) in [5.74, 6) is 1.82. The zero-order valence-corrected chi connectivity index (χ0v) is 10.2. The van der Waals surface area contributed by atoms with E-state index >= 15 is 0 Å². The summed E-state index contributed by atoms with van der Waals surface area (Å²) < 4.78 is 2.05. The van der Waals surface area contributed by atoms with Crippen molar-refractivity contribution in [1.29, 1.82) is 0 Å². The van der Waals surface area contributed by atoms with Gasteiger partial charge in [0.15, 0.2) is 5.16 Å². The van der Waals surface area contributed by atoms with Crippen LogP contribution < -0.4 is 5.73 Å². The smallest absolute Gasteiger partial charge is 0.191 e. The molecule has 0 atom stereocenters. The molecule has 1 aromatic heterocycles. The highest BCUT2D eigenvalue weighted by Gasteiger charge is 2.08. The predicted octanol–water partition coefficient (Wildman–Crippen LogP) is 1.60. The van der Waals surface area contributed by atoms with Crippen LogP contribution in [0.25, 0.3) is 0 Å². The topological polar surface area (TPSA) is 56.7 Å². The van der Waals surface area contributed by atoms with Gasteiger partial charge >= 0.3 is 0 Å². The molecule has 15 heavy (non-hydrogen) atoms. The second kappa shape index (κ2) is 5.92. The van der Waals surface area contributed by atoms with Crippen LogP contribution in [0.2, 0.25) is 0 Å². The van der Waals surface area contributed by atoms with Crippen LogP contribution >= 0.6 is 11.8 Å². The molecule has 0 aliphatic rings. The van der Waals surface area contributed by atoms with Crippen LogP contribution in [-0.4, -0.2) is 27.1 Å². The minimum absolute atomic E-state index is 0.612. The van der Waals surface area contributed by atoms with Crippen molar-refractivity contribution in [2.45, 2.75) is 32.0 Å². The van der Waals surface area contributed by atoms with E-state index < -0.39 is 0 Å². The van der Waals surface area contributed by atoms with Gasteiger partial charge < -0.3 is 10.3 Å². The van der Waals surface area contributed by atoms with E-state index in [1.807, 2.05) is 11.5 Å². The van der Waals surface area contributed by atoms with E-state index in [-0.39, 0.29) is 0 Å². The van der Waals surface area contributed by atoms with Crippen LogP contribution in [0.3, 0.4) is 0 Å². The minimum atomic E-state index is 0.612. The van der Waals surface area contributed by atoms with Crippen LogP contribution in [0.4, 0.5) is 0 Å². The van der Waals surface area contributed by atoms with E-state index in [0.717, 1.165) is 29.7 Å². The number of aryl methyl sites for hydroxylation is 1. The second-order valence-electron chi connectivity index (χ2n) is 3.36. The maximum atomic E-state index is 5.54. The largest absolute Gasteiger partial charge is 0.329 e. The SMILES string of the molecule is C=C(CC)CSc1nnc(C)n1CCN. The van der Waals surface area contributed by atoms with E-state index in [2.05, 4.69) is 23.7 Å². The van der Waals surface area contributed by atoms with Crippen molar-refractivity contribution in [1.82, 2.24) is 14.8 Å². The highest BCUT2D eigenvalue weighted by Crippen LogP contribution is 2.19. The van der Waals surface area contributed by atoms with Crippen molar-refractivity contribution < 1.29 is 0 Å². The Morgan fingerprint density at radius 2 is 2.27 bits per heavy atom. The van der Waals surface area contributed by atoms with Gasteiger partial charge in [-0.2, -0.15) is 0 Å². The van der Waals surface area contributed by atoms with Gasteiger partial charge in [0.25, 0.3) is 0 Å². The fraction of sp³-hybridized carbons (Fsp3) is 0.600. The number of nitrogens with two attached hydrogens (primary N) is 1. The zero-order valence-electron chi connectivity index (χ0n) is 9.36. The molecule has 5 heteroatoms. The molecular formula is C10H18N4S. The molecule has 0 spiro atoms. The van der Waals surface area contributed by atoms with Crippen molar-refractivity contribution in [3.8, 4) is 0 Å². The third-order valence-electron chi connectivity index (χ3n) is 2.16. The summed E-state index contributed by atoms with van der Waals surface area (Å²) in [6.07, 6.45) is 1.01. The number of thioether (sulfide) groups is 1. The van der Waals surface area contributed by atoms with Gasteiger partial charge in [0, 0.05) is 18.8 Å². The summed E-state index contributed by atoms with van der Waals surface area (Å²) in [7, 11) is 0. The summed E-state index contributed by atoms with van der Waals surface area (Å²) in [6.45, 7) is 9.41. The number of hydrogen-bond acceptors (Lipinski definition) is 4. The highest BCUT2D eigenvalue weighted by atomic mass is 32.2. The lowest BCUT2D eigenvalue weighted by Gasteiger charge is -2.06. The fourth-order valence-electron chi connectivity index (χ4n) is 1.12. The Balaban J connectivity index is 2.63. The summed E-state index contributed by atoms with van der Waals surface area (Å²) in [6, 6.07) is 0. The molecule has 1 aromatic rings. The van der Waals surface area contributed by atoms with Crippen molar-refractivity contribution >= 4 is 11.8 Å². The van der Waals surface area contributed by atoms with Gasteiger partial charge in [0.05, 0.1) is 0 Å². The molecule has 0 saturated carbocycles. The molecule has 0 radical (unpaired) electrons. The predicted molar refractivity (Wildman–Crippen MR) is 64.0 cm³/mol. The van der Waals surface area contributed by atoms with Gasteiger partial charge in [-0.3, -0.25) is 0 Å². The third-order valence-corrected chi connectivity index (χ3v) is 3.27. The zero-order chi connectivity index (χ0) is 11.3. The monoisotopic (exact) mass is 226 g/mol. The normalized spacial score (nSPS) is 10.6. The van der Waals surface area contributed by atoms with E-state index in [1.54, 1.807) is 11.8 Å². The van der Waals surface area contributed by atoms with Crippen molar-refractivity contribution in [2.75, 3.05) is 12.3 Å². The van der Waals surface area contributed by atoms with Crippen molar-refractivity contribution in [2.24, 2.45) is 5.73 Å². The molecule has 0 saturated heterocycles. The Morgan fingerprint density at radius 3 is 2.87 bits per heavy atom. The Hall–Kier alpha value is -0.810. The van der Waals surface area contributed by atoms with Gasteiger partial charge in [-0.15, -0.1) is 10.2 Å². The molecule has 0 bridgehead atoms. The number of aromatic nitrogens is 3. The lowest BCUT2D eigenvalue weighted by molar-refractivity contribution is 0.627. The molecule has 0 unspecified atom stereocenters. The first-order valence-corrected chi connectivity index (χ1v) is 6.07. The number of rotatable bonds is 6. The molecule has 2 N–H and O–H groups in total. The Labute approximate surface area is 95.0 Å². The average molecular weight is 226 g/mol. The third kappa shape index (κ3) is 3.35. The number of hydrogen-bond donors (Lipinski definition) is 1. The first-order valence-electron chi connectivity index (χ1n) is 5.08. The minimum Gasteiger partial charge on any atom is -0.329 e. The quantitative estimate of drug-likeness (QED) is 0.591. The molecule has 0 aliphatic heterocycles. The molecule has 4 nitrogen and oxygen atoms in total. The molecule has 0 aliphatic carbocycles. The summed E-state index contributed by atoms with van der Waals surface area (Å²) in [4.78, 5) is 0. The van der Waals surface area contributed by atoms with Crippen LogP contribution in [0, 0.1) is 6.92 Å². The average Bonchev–Trinajstić information content (AvgIpc) is 2.58. The van der Waals surface area contributed by atoms with E-state index in [4.69, 9.17) is 5.73 Å². The standard InChI is InChI=1S/C10H18N4S/c1-4-8(2)7-15-10-13-12-9(3)14(10)6-5-11/h2,4-7,11H2,1,3H3. The van der Waals surface area contributed by atoms with Crippen molar-refractivity contribution in [3.05, 3.63) is 18.0 Å². The van der Waals surface area contributed by atoms with Crippen LogP contribution in [-0.2, 0) is 6.54 Å². The molecule has 0 aromatic carbocycles. The summed E-state index contributed by atoms with van der Waals surface area (Å²) in [5.41, 5.74) is 6.76. The molecular weight excluding hydrogens is 208 g/mol. The highest BCUT2D eigenvalue weighted by molar-refractivity contribution is 7.99. The Kier molecular flexibility index (Phi) is 4.84. The second-order valence-corrected chi connectivity index (χ2v) is 4.30. The van der Waals surface area contributed by atoms with Gasteiger partial charge in [-0.25, -0.2) is 0 Å². The molecule has 0 amide bonds. The Morgan fingerprint density at radius 1 is 1.53 bits per heavy atom. The summed E-state index contributed by atoms with van der Waals surface area (Å²) in [5, 5.41) is 9.10. The van der Waals surface area contributed by atoms with Crippen LogP contribution in [0.1, 0.15) is 19.2 Å². The van der Waals surface area contributed by atoms with E-state index in [9.17, 15) is 0 Å². The maximum absolute atomic E-state index is 5.54. The molecule has 1 rings (SSSR count). The first kappa shape index (κ1) is 12.3. The lowest BCUT2D eigenvalue weighted by Crippen LogP contribution is -2.12. The van der Waals surface area contributed by atoms with Gasteiger partial charge in [-0.1, -0.05) is 30.8 Å². The van der Waals surface area contributed by atoms with E-state index in [1.165, 1.54) is 5.57 Å². The number of nitrogens with zero attached hydrogens (tertiary/aromatic N) is 3. The van der Waals surface area contributed by atoms with Gasteiger partial charge in [-0.05, 0) is 13.3 Å². The molecule has 84 valence electrons. The molecule has 1 heterocycles. The Bertz CT molecular complexity index is 332. The van der Waals surface area contributed by atoms with Gasteiger partial charge in [0.1, 0.15) is 5.82 Å². The van der Waals surface area contributed by atoms with E-state index in [0.29, 0.717) is 6.54 Å². The van der Waals surface area contributed by atoms with Crippen LogP contribution in [0.5, 0.6) is 0 Å². The maximum Gasteiger partial charge on any atom is 0.191 e. The van der Waals surface area contributed by atoms with Crippen LogP contribution in [0.15, 0.2) is 17.3 Å². The fourth-order valence-corrected chi connectivity index (χ4v) is 2.14. The lowest BCUT2D eigenvalue weighted by atomic mass is 10.3. The molecule has 0 fully saturated rings. The van der Waals surface area contributed by atoms with Gasteiger partial charge in [0.2, 0.25) is 0 Å².